The molecule has 17 unspecified atom stereocenters. The number of carbonyl (C=O) groups is 1. The van der Waals surface area contributed by atoms with Gasteiger partial charge in [0.15, 0.2) is 18.9 Å². The van der Waals surface area contributed by atoms with Gasteiger partial charge in [0, 0.05) is 6.42 Å². The number of allylic oxidation sites excluding steroid dienone is 1. The summed E-state index contributed by atoms with van der Waals surface area (Å²) in [6, 6.07) is -0.970. The van der Waals surface area contributed by atoms with E-state index < -0.39 is 124 Å². The summed E-state index contributed by atoms with van der Waals surface area (Å²) in [6.07, 6.45) is 43.4. The van der Waals surface area contributed by atoms with Crippen LogP contribution in [0.25, 0.3) is 0 Å². The van der Waals surface area contributed by atoms with Crippen molar-refractivity contribution in [2.75, 3.05) is 26.4 Å². The maximum atomic E-state index is 13.5. The first-order valence-electron chi connectivity index (χ1n) is 40.4. The van der Waals surface area contributed by atoms with E-state index in [0.29, 0.717) is 6.42 Å². The number of hydrogen-bond acceptors (Lipinski definition) is 18. The molecule has 12 N–H and O–H groups in total. The van der Waals surface area contributed by atoms with Crippen molar-refractivity contribution in [3.8, 4) is 0 Å². The number of rotatable bonds is 65. The predicted molar refractivity (Wildman–Crippen MR) is 383 cm³/mol. The average molecular weight is 1390 g/mol. The topological polar surface area (TPSA) is 307 Å². The van der Waals surface area contributed by atoms with Crippen LogP contribution < -0.4 is 5.32 Å². The molecule has 3 saturated heterocycles. The van der Waals surface area contributed by atoms with Crippen LogP contribution in [0, 0.1) is 0 Å². The summed E-state index contributed by atoms with van der Waals surface area (Å²) in [4.78, 5) is 13.5. The molecule has 574 valence electrons. The molecule has 97 heavy (non-hydrogen) atoms. The quantitative estimate of drug-likeness (QED) is 0.0199. The highest BCUT2D eigenvalue weighted by Gasteiger charge is 2.54. The summed E-state index contributed by atoms with van der Waals surface area (Å²) in [5, 5.41) is 121. The Morgan fingerprint density at radius 3 is 0.969 bits per heavy atom. The Morgan fingerprint density at radius 2 is 0.639 bits per heavy atom. The minimum absolute atomic E-state index is 0.250. The number of aliphatic hydroxyl groups is 11. The van der Waals surface area contributed by atoms with Crippen LogP contribution >= 0.6 is 0 Å². The summed E-state index contributed by atoms with van der Waals surface area (Å²) >= 11 is 0. The van der Waals surface area contributed by atoms with E-state index in [4.69, 9.17) is 28.4 Å². The molecule has 0 aromatic rings. The number of unbranched alkanes of at least 4 members (excludes halogenated alkanes) is 49. The van der Waals surface area contributed by atoms with E-state index in [0.717, 1.165) is 44.9 Å². The van der Waals surface area contributed by atoms with Crippen LogP contribution in [-0.2, 0) is 33.2 Å². The second-order valence-corrected chi connectivity index (χ2v) is 29.2. The smallest absolute Gasteiger partial charge is 0.220 e. The molecule has 0 spiro atoms. The second kappa shape index (κ2) is 59.9. The maximum Gasteiger partial charge on any atom is 0.220 e. The molecule has 1 amide bonds. The number of carbonyl (C=O) groups excluding carboxylic acids is 1. The minimum Gasteiger partial charge on any atom is -0.394 e. The van der Waals surface area contributed by atoms with Crippen molar-refractivity contribution in [2.24, 2.45) is 0 Å². The molecule has 0 radical (unpaired) electrons. The third kappa shape index (κ3) is 40.4. The van der Waals surface area contributed by atoms with Crippen molar-refractivity contribution in [3.63, 3.8) is 0 Å². The Kier molecular flexibility index (Phi) is 55.4. The van der Waals surface area contributed by atoms with Gasteiger partial charge in [0.25, 0.3) is 0 Å². The van der Waals surface area contributed by atoms with Crippen LogP contribution in [-0.4, -0.2) is 193 Å². The predicted octanol–water partition coefficient (Wildman–Crippen LogP) is 13.2. The van der Waals surface area contributed by atoms with Crippen molar-refractivity contribution in [1.82, 2.24) is 5.32 Å². The van der Waals surface area contributed by atoms with Crippen molar-refractivity contribution < 1.29 is 89.4 Å². The number of aliphatic hydroxyl groups excluding tert-OH is 11. The fourth-order valence-corrected chi connectivity index (χ4v) is 14.1. The number of hydrogen-bond donors (Lipinski definition) is 12. The molecular formula is C78H149NO18. The van der Waals surface area contributed by atoms with Gasteiger partial charge in [-0.05, 0) is 19.3 Å². The molecule has 3 heterocycles. The van der Waals surface area contributed by atoms with E-state index in [2.05, 4.69) is 19.2 Å². The highest BCUT2D eigenvalue weighted by atomic mass is 16.8. The van der Waals surface area contributed by atoms with Crippen LogP contribution in [0.15, 0.2) is 12.2 Å². The molecular weight excluding hydrogens is 1240 g/mol. The SMILES string of the molecule is CCCCCCCCCCCCCCCCCCCCCCCCCCCCCC/C=C/C(O)C(COC1OC(CO)C(OC2OC(CO)C(OC3OC(CO)C(O)C(O)C3O)C(O)C2O)C(O)C1O)NC(=O)CCCCCCCCCCCCCCCCCCCCCCCC. The molecule has 0 aliphatic carbocycles. The van der Waals surface area contributed by atoms with Gasteiger partial charge in [0.05, 0.1) is 38.6 Å². The first-order chi connectivity index (χ1) is 47.3. The molecule has 3 fully saturated rings. The van der Waals surface area contributed by atoms with Gasteiger partial charge in [-0.2, -0.15) is 0 Å². The lowest BCUT2D eigenvalue weighted by atomic mass is 9.96. The van der Waals surface area contributed by atoms with Crippen molar-refractivity contribution >= 4 is 5.91 Å². The Morgan fingerprint density at radius 1 is 0.361 bits per heavy atom. The normalized spacial score (nSPS) is 26.9. The van der Waals surface area contributed by atoms with Gasteiger partial charge in [-0.25, -0.2) is 0 Å². The Labute approximate surface area is 588 Å². The fourth-order valence-electron chi connectivity index (χ4n) is 14.1. The monoisotopic (exact) mass is 1390 g/mol. The first-order valence-corrected chi connectivity index (χ1v) is 40.4. The summed E-state index contributed by atoms with van der Waals surface area (Å²) in [5.41, 5.74) is 0. The van der Waals surface area contributed by atoms with E-state index in [-0.39, 0.29) is 18.9 Å². The zero-order valence-corrected chi connectivity index (χ0v) is 61.3. The van der Waals surface area contributed by atoms with E-state index in [1.807, 2.05) is 6.08 Å². The fraction of sp³-hybridized carbons (Fsp3) is 0.962. The largest absolute Gasteiger partial charge is 0.394 e. The molecule has 0 aromatic carbocycles. The van der Waals surface area contributed by atoms with Gasteiger partial charge < -0.3 is 89.9 Å². The zero-order chi connectivity index (χ0) is 70.4. The molecule has 3 rings (SSSR count). The lowest BCUT2D eigenvalue weighted by Gasteiger charge is -2.48. The van der Waals surface area contributed by atoms with E-state index in [1.165, 1.54) is 276 Å². The van der Waals surface area contributed by atoms with Gasteiger partial charge in [-0.15, -0.1) is 0 Å². The molecule has 0 saturated carbocycles. The Balaban J connectivity index is 1.37. The zero-order valence-electron chi connectivity index (χ0n) is 61.3. The summed E-state index contributed by atoms with van der Waals surface area (Å²) in [7, 11) is 0. The van der Waals surface area contributed by atoms with Crippen LogP contribution in [0.3, 0.4) is 0 Å². The van der Waals surface area contributed by atoms with Gasteiger partial charge in [-0.1, -0.05) is 334 Å². The lowest BCUT2D eigenvalue weighted by molar-refractivity contribution is -0.379. The van der Waals surface area contributed by atoms with Gasteiger partial charge in [-0.3, -0.25) is 4.79 Å². The lowest BCUT2D eigenvalue weighted by Crippen LogP contribution is -2.66. The number of nitrogens with one attached hydrogen (secondary N) is 1. The van der Waals surface area contributed by atoms with Crippen molar-refractivity contribution in [3.05, 3.63) is 12.2 Å². The van der Waals surface area contributed by atoms with Crippen molar-refractivity contribution in [2.45, 2.75) is 452 Å². The molecule has 19 heteroatoms. The highest BCUT2D eigenvalue weighted by Crippen LogP contribution is 2.33. The minimum atomic E-state index is -1.98. The molecule has 3 aliphatic heterocycles. The third-order valence-corrected chi connectivity index (χ3v) is 20.6. The summed E-state index contributed by atoms with van der Waals surface area (Å²) in [6.45, 7) is 1.80. The van der Waals surface area contributed by atoms with Crippen LogP contribution in [0.1, 0.15) is 348 Å². The third-order valence-electron chi connectivity index (χ3n) is 20.6. The molecule has 0 aromatic heterocycles. The van der Waals surface area contributed by atoms with E-state index in [1.54, 1.807) is 6.08 Å². The van der Waals surface area contributed by atoms with Gasteiger partial charge in [0.1, 0.15) is 73.2 Å². The number of ether oxygens (including phenoxy) is 6. The maximum absolute atomic E-state index is 13.5. The highest BCUT2D eigenvalue weighted by molar-refractivity contribution is 5.76. The summed E-state index contributed by atoms with van der Waals surface area (Å²) in [5.74, 6) is -0.267. The van der Waals surface area contributed by atoms with Crippen LogP contribution in [0.2, 0.25) is 0 Å². The van der Waals surface area contributed by atoms with Crippen LogP contribution in [0.5, 0.6) is 0 Å². The molecule has 19 nitrogen and oxygen atoms in total. The standard InChI is InChI=1S/C78H149NO18/c1-3-5-7-9-11-13-15-17-19-21-23-25-27-28-29-30-31-32-33-34-35-37-39-41-43-45-47-49-51-53-55-62(83)61(79-66(84)56-54-52-50-48-46-44-42-40-38-36-26-24-22-20-18-16-14-12-10-8-6-4-2)60-92-76-72(90)69(87)74(64(58-81)94-76)97-78-73(91)70(88)75(65(59-82)95-78)96-77-71(89)68(86)67(85)63(57-80)93-77/h53,55,61-65,67-78,80-83,85-91H,3-52,54,56-60H2,1-2H3,(H,79,84)/b55-53+. The molecule has 3 aliphatic rings. The van der Waals surface area contributed by atoms with Gasteiger partial charge in [0.2, 0.25) is 5.91 Å². The average Bonchev–Trinajstić information content (AvgIpc) is 0.826. The molecule has 0 bridgehead atoms. The first kappa shape index (κ1) is 89.7. The Bertz CT molecular complexity index is 1800. The van der Waals surface area contributed by atoms with Crippen molar-refractivity contribution in [1.29, 1.82) is 0 Å². The molecule has 17 atom stereocenters. The van der Waals surface area contributed by atoms with E-state index >= 15 is 0 Å². The summed E-state index contributed by atoms with van der Waals surface area (Å²) < 4.78 is 34.5. The number of amides is 1. The van der Waals surface area contributed by atoms with Gasteiger partial charge >= 0.3 is 0 Å². The van der Waals surface area contributed by atoms with Crippen LogP contribution in [0.4, 0.5) is 0 Å². The Hall–Kier alpha value is -1.47. The second-order valence-electron chi connectivity index (χ2n) is 29.2. The van der Waals surface area contributed by atoms with E-state index in [9.17, 15) is 61.0 Å².